The molecule has 0 radical (unpaired) electrons. The molecule has 0 unspecified atom stereocenters. The summed E-state index contributed by atoms with van der Waals surface area (Å²) in [5.74, 6) is 1.64. The highest BCUT2D eigenvalue weighted by Gasteiger charge is 2.18. The van der Waals surface area contributed by atoms with Crippen LogP contribution < -0.4 is 10.1 Å². The minimum atomic E-state index is 0.146. The van der Waals surface area contributed by atoms with Gasteiger partial charge in [0.15, 0.2) is 0 Å². The van der Waals surface area contributed by atoms with Gasteiger partial charge in [0.25, 0.3) is 0 Å². The lowest BCUT2D eigenvalue weighted by Crippen LogP contribution is -2.35. The smallest absolute Gasteiger partial charge is 0.119 e. The van der Waals surface area contributed by atoms with E-state index in [-0.39, 0.29) is 5.41 Å². The van der Waals surface area contributed by atoms with Gasteiger partial charge in [-0.2, -0.15) is 0 Å². The fraction of sp³-hybridized carbons (Fsp3) is 0.625. The summed E-state index contributed by atoms with van der Waals surface area (Å²) in [4.78, 5) is 1.27. The predicted molar refractivity (Wildman–Crippen MR) is 85.2 cm³/mol. The Labute approximate surface area is 122 Å². The van der Waals surface area contributed by atoms with Crippen molar-refractivity contribution in [2.45, 2.75) is 32.6 Å². The first kappa shape index (κ1) is 16.4. The summed E-state index contributed by atoms with van der Waals surface area (Å²) < 4.78 is 5.88. The van der Waals surface area contributed by atoms with Crippen molar-refractivity contribution in [3.05, 3.63) is 24.3 Å². The molecule has 2 nitrogen and oxygen atoms in total. The van der Waals surface area contributed by atoms with E-state index >= 15 is 0 Å². The van der Waals surface area contributed by atoms with Crippen molar-refractivity contribution < 1.29 is 4.74 Å². The molecule has 0 aromatic heterocycles. The Bertz CT molecular complexity index is 360. The lowest BCUT2D eigenvalue weighted by molar-refractivity contribution is 0.175. The maximum Gasteiger partial charge on any atom is 0.119 e. The van der Waals surface area contributed by atoms with Gasteiger partial charge in [-0.15, -0.1) is 11.8 Å². The Kier molecular flexibility index (Phi) is 6.73. The highest BCUT2D eigenvalue weighted by molar-refractivity contribution is 7.98. The van der Waals surface area contributed by atoms with Crippen LogP contribution in [-0.2, 0) is 0 Å². The van der Waals surface area contributed by atoms with Gasteiger partial charge in [-0.1, -0.05) is 27.7 Å². The third kappa shape index (κ3) is 6.88. The third-order valence-corrected chi connectivity index (χ3v) is 3.59. The van der Waals surface area contributed by atoms with Crippen LogP contribution in [0.4, 0.5) is 0 Å². The van der Waals surface area contributed by atoms with Gasteiger partial charge in [-0.25, -0.2) is 0 Å². The van der Waals surface area contributed by atoms with Gasteiger partial charge in [-0.3, -0.25) is 0 Å². The van der Waals surface area contributed by atoms with Crippen LogP contribution in [-0.4, -0.2) is 26.0 Å². The molecule has 0 fully saturated rings. The standard InChI is InChI=1S/C16H27NOS/c1-13(2)10-17-11-16(3,4)12-18-14-6-8-15(19-5)9-7-14/h6-9,13,17H,10-12H2,1-5H3. The average Bonchev–Trinajstić information content (AvgIpc) is 2.36. The molecule has 0 spiro atoms. The molecule has 0 saturated heterocycles. The monoisotopic (exact) mass is 281 g/mol. The van der Waals surface area contributed by atoms with E-state index in [1.165, 1.54) is 4.90 Å². The number of nitrogens with one attached hydrogen (secondary N) is 1. The van der Waals surface area contributed by atoms with Crippen molar-refractivity contribution in [1.82, 2.24) is 5.32 Å². The first-order valence-corrected chi connectivity index (χ1v) is 8.13. The second-order valence-corrected chi connectivity index (χ2v) is 7.03. The minimum Gasteiger partial charge on any atom is -0.493 e. The molecule has 3 heteroatoms. The highest BCUT2D eigenvalue weighted by Crippen LogP contribution is 2.21. The van der Waals surface area contributed by atoms with Gasteiger partial charge in [0.05, 0.1) is 6.61 Å². The van der Waals surface area contributed by atoms with E-state index < -0.39 is 0 Å². The number of rotatable bonds is 8. The van der Waals surface area contributed by atoms with Crippen molar-refractivity contribution in [2.24, 2.45) is 11.3 Å². The SMILES string of the molecule is CSc1ccc(OCC(C)(C)CNCC(C)C)cc1. The molecular weight excluding hydrogens is 254 g/mol. The van der Waals surface area contributed by atoms with Gasteiger partial charge >= 0.3 is 0 Å². The molecule has 1 aromatic carbocycles. The quantitative estimate of drug-likeness (QED) is 0.726. The lowest BCUT2D eigenvalue weighted by atomic mass is 9.94. The summed E-state index contributed by atoms with van der Waals surface area (Å²) in [6.45, 7) is 11.7. The van der Waals surface area contributed by atoms with E-state index in [1.54, 1.807) is 11.8 Å². The summed E-state index contributed by atoms with van der Waals surface area (Å²) in [5, 5.41) is 3.50. The number of ether oxygens (including phenoxy) is 1. The second kappa shape index (κ2) is 7.81. The number of hydrogen-bond donors (Lipinski definition) is 1. The third-order valence-electron chi connectivity index (χ3n) is 2.85. The van der Waals surface area contributed by atoms with E-state index in [0.717, 1.165) is 25.4 Å². The first-order chi connectivity index (χ1) is 8.93. The van der Waals surface area contributed by atoms with E-state index in [0.29, 0.717) is 5.92 Å². The first-order valence-electron chi connectivity index (χ1n) is 6.90. The molecule has 0 atom stereocenters. The van der Waals surface area contributed by atoms with E-state index in [2.05, 4.69) is 51.4 Å². The topological polar surface area (TPSA) is 21.3 Å². The normalized spacial score (nSPS) is 11.9. The molecule has 0 aliphatic heterocycles. The summed E-state index contributed by atoms with van der Waals surface area (Å²) in [7, 11) is 0. The molecule has 0 heterocycles. The van der Waals surface area contributed by atoms with Crippen LogP contribution in [0.3, 0.4) is 0 Å². The minimum absolute atomic E-state index is 0.146. The van der Waals surface area contributed by atoms with Crippen molar-refractivity contribution in [3.63, 3.8) is 0 Å². The molecule has 1 N–H and O–H groups in total. The summed E-state index contributed by atoms with van der Waals surface area (Å²) in [6, 6.07) is 8.29. The van der Waals surface area contributed by atoms with E-state index in [4.69, 9.17) is 4.74 Å². The maximum absolute atomic E-state index is 5.88. The van der Waals surface area contributed by atoms with Crippen LogP contribution in [0.25, 0.3) is 0 Å². The zero-order valence-corrected chi connectivity index (χ0v) is 13.6. The van der Waals surface area contributed by atoms with Crippen LogP contribution >= 0.6 is 11.8 Å². The molecule has 0 saturated carbocycles. The molecule has 0 aliphatic rings. The zero-order valence-electron chi connectivity index (χ0n) is 12.8. The lowest BCUT2D eigenvalue weighted by Gasteiger charge is -2.25. The number of hydrogen-bond acceptors (Lipinski definition) is 3. The van der Waals surface area contributed by atoms with E-state index in [9.17, 15) is 0 Å². The Balaban J connectivity index is 2.36. The van der Waals surface area contributed by atoms with Gasteiger partial charge < -0.3 is 10.1 Å². The van der Waals surface area contributed by atoms with Gasteiger partial charge in [-0.05, 0) is 43.0 Å². The highest BCUT2D eigenvalue weighted by atomic mass is 32.2. The molecule has 108 valence electrons. The molecule has 1 aromatic rings. The van der Waals surface area contributed by atoms with Crippen LogP contribution in [0, 0.1) is 11.3 Å². The molecule has 19 heavy (non-hydrogen) atoms. The Morgan fingerprint density at radius 2 is 1.84 bits per heavy atom. The van der Waals surface area contributed by atoms with Gasteiger partial charge in [0, 0.05) is 16.9 Å². The zero-order chi connectivity index (χ0) is 14.3. The summed E-state index contributed by atoms with van der Waals surface area (Å²) >= 11 is 1.75. The molecule has 1 rings (SSSR count). The number of thioether (sulfide) groups is 1. The molecular formula is C16H27NOS. The van der Waals surface area contributed by atoms with Crippen molar-refractivity contribution in [2.75, 3.05) is 26.0 Å². The van der Waals surface area contributed by atoms with Crippen LogP contribution in [0.2, 0.25) is 0 Å². The molecule has 0 aliphatic carbocycles. The number of benzene rings is 1. The second-order valence-electron chi connectivity index (χ2n) is 6.15. The van der Waals surface area contributed by atoms with Crippen LogP contribution in [0.5, 0.6) is 5.75 Å². The molecule has 0 amide bonds. The van der Waals surface area contributed by atoms with Gasteiger partial charge in [0.2, 0.25) is 0 Å². The van der Waals surface area contributed by atoms with Crippen molar-refractivity contribution in [3.8, 4) is 5.75 Å². The predicted octanol–water partition coefficient (Wildman–Crippen LogP) is 4.06. The van der Waals surface area contributed by atoms with Gasteiger partial charge in [0.1, 0.15) is 5.75 Å². The van der Waals surface area contributed by atoms with Crippen LogP contribution in [0.15, 0.2) is 29.2 Å². The van der Waals surface area contributed by atoms with Crippen molar-refractivity contribution >= 4 is 11.8 Å². The van der Waals surface area contributed by atoms with Crippen LogP contribution in [0.1, 0.15) is 27.7 Å². The molecule has 0 bridgehead atoms. The largest absolute Gasteiger partial charge is 0.493 e. The maximum atomic E-state index is 5.88. The van der Waals surface area contributed by atoms with E-state index in [1.807, 2.05) is 12.1 Å². The summed E-state index contributed by atoms with van der Waals surface area (Å²) in [5.41, 5.74) is 0.146. The Hall–Kier alpha value is -0.670. The Morgan fingerprint density at radius 1 is 1.21 bits per heavy atom. The Morgan fingerprint density at radius 3 is 2.37 bits per heavy atom. The fourth-order valence-corrected chi connectivity index (χ4v) is 2.11. The van der Waals surface area contributed by atoms with Crippen molar-refractivity contribution in [1.29, 1.82) is 0 Å². The fourth-order valence-electron chi connectivity index (χ4n) is 1.70. The summed E-state index contributed by atoms with van der Waals surface area (Å²) in [6.07, 6.45) is 2.08. The average molecular weight is 281 g/mol.